The number of benzene rings is 1. The molecular weight excluding hydrogens is 248 g/mol. The average molecular weight is 264 g/mol. The van der Waals surface area contributed by atoms with E-state index >= 15 is 0 Å². The van der Waals surface area contributed by atoms with E-state index in [1.807, 2.05) is 0 Å². The molecule has 3 N–H and O–H groups in total. The summed E-state index contributed by atoms with van der Waals surface area (Å²) in [5, 5.41) is 8.95. The third-order valence-electron chi connectivity index (χ3n) is 2.97. The van der Waals surface area contributed by atoms with Crippen LogP contribution >= 0.6 is 0 Å². The molecule has 6 nitrogen and oxygen atoms in total. The molecule has 0 aromatic heterocycles. The molecule has 1 aliphatic rings. The van der Waals surface area contributed by atoms with E-state index < -0.39 is 18.1 Å². The number of fused-ring (bicyclic) bond motifs is 1. The van der Waals surface area contributed by atoms with Crippen molar-refractivity contribution >= 4 is 17.6 Å². The molecule has 2 rings (SSSR count). The number of hydrogen-bond acceptors (Lipinski definition) is 4. The van der Waals surface area contributed by atoms with Crippen molar-refractivity contribution in [3.05, 3.63) is 23.8 Å². The minimum Gasteiger partial charge on any atom is -0.480 e. The summed E-state index contributed by atoms with van der Waals surface area (Å²) in [6.07, 6.45) is 0. The van der Waals surface area contributed by atoms with Crippen LogP contribution in [0.25, 0.3) is 0 Å². The smallest absolute Gasteiger partial charge is 0.323 e. The van der Waals surface area contributed by atoms with Crippen molar-refractivity contribution in [3.63, 3.8) is 0 Å². The molecule has 0 fully saturated rings. The molecule has 19 heavy (non-hydrogen) atoms. The van der Waals surface area contributed by atoms with Crippen LogP contribution in [0.4, 0.5) is 5.69 Å². The number of amides is 1. The van der Waals surface area contributed by atoms with E-state index in [0.29, 0.717) is 18.0 Å². The topological polar surface area (TPSA) is 92.9 Å². The monoisotopic (exact) mass is 264 g/mol. The number of carbonyl (C=O) groups excluding carboxylic acids is 1. The van der Waals surface area contributed by atoms with Gasteiger partial charge in [0.2, 0.25) is 0 Å². The third-order valence-corrected chi connectivity index (χ3v) is 2.97. The van der Waals surface area contributed by atoms with Gasteiger partial charge in [0.15, 0.2) is 5.60 Å². The molecule has 0 radical (unpaired) electrons. The summed E-state index contributed by atoms with van der Waals surface area (Å²) in [6, 6.07) is 5.19. The number of rotatable bonds is 3. The van der Waals surface area contributed by atoms with Gasteiger partial charge in [0.25, 0.3) is 5.91 Å². The lowest BCUT2D eigenvalue weighted by atomic mass is 10.0. The number of anilines is 1. The van der Waals surface area contributed by atoms with Gasteiger partial charge in [0.1, 0.15) is 12.3 Å². The summed E-state index contributed by atoms with van der Waals surface area (Å²) < 4.78 is 5.62. The molecule has 0 unspecified atom stereocenters. The average Bonchev–Trinajstić information content (AvgIpc) is 2.34. The largest absolute Gasteiger partial charge is 0.480 e. The first-order chi connectivity index (χ1) is 8.85. The van der Waals surface area contributed by atoms with Crippen molar-refractivity contribution in [2.24, 2.45) is 5.73 Å². The summed E-state index contributed by atoms with van der Waals surface area (Å²) in [7, 11) is 0. The lowest BCUT2D eigenvalue weighted by molar-refractivity contribution is -0.139. The van der Waals surface area contributed by atoms with E-state index in [2.05, 4.69) is 0 Å². The molecular formula is C13H16N2O4. The zero-order valence-corrected chi connectivity index (χ0v) is 10.8. The van der Waals surface area contributed by atoms with E-state index in [-0.39, 0.29) is 5.91 Å². The maximum atomic E-state index is 12.3. The quantitative estimate of drug-likeness (QED) is 0.839. The molecule has 1 amide bonds. The Morgan fingerprint density at radius 2 is 2.16 bits per heavy atom. The minimum absolute atomic E-state index is 0.311. The van der Waals surface area contributed by atoms with Gasteiger partial charge >= 0.3 is 5.97 Å². The lowest BCUT2D eigenvalue weighted by Crippen LogP contribution is -2.53. The SMILES string of the molecule is CC1(C)Oc2ccc(CN)cc2N(CC(=O)O)C1=O. The lowest BCUT2D eigenvalue weighted by Gasteiger charge is -2.38. The van der Waals surface area contributed by atoms with E-state index in [9.17, 15) is 9.59 Å². The van der Waals surface area contributed by atoms with E-state index in [4.69, 9.17) is 15.6 Å². The summed E-state index contributed by atoms with van der Waals surface area (Å²) in [4.78, 5) is 24.4. The van der Waals surface area contributed by atoms with Gasteiger partial charge < -0.3 is 15.6 Å². The molecule has 0 aliphatic carbocycles. The molecule has 0 atom stereocenters. The number of carboxylic acids is 1. The summed E-state index contributed by atoms with van der Waals surface area (Å²) in [6.45, 7) is 3.15. The maximum absolute atomic E-state index is 12.3. The van der Waals surface area contributed by atoms with Crippen molar-refractivity contribution in [1.82, 2.24) is 0 Å². The van der Waals surface area contributed by atoms with Crippen LogP contribution in [-0.4, -0.2) is 29.1 Å². The summed E-state index contributed by atoms with van der Waals surface area (Å²) in [5.74, 6) is -0.963. The number of nitrogens with zero attached hydrogens (tertiary/aromatic N) is 1. The van der Waals surface area contributed by atoms with Crippen molar-refractivity contribution in [2.45, 2.75) is 26.0 Å². The van der Waals surface area contributed by atoms with Crippen LogP contribution < -0.4 is 15.4 Å². The standard InChI is InChI=1S/C13H16N2O4/c1-13(2)12(18)15(7-11(16)17)9-5-8(6-14)3-4-10(9)19-13/h3-5H,6-7,14H2,1-2H3,(H,16,17). The summed E-state index contributed by atoms with van der Waals surface area (Å²) >= 11 is 0. The van der Waals surface area contributed by atoms with Crippen LogP contribution in [0.3, 0.4) is 0 Å². The second kappa shape index (κ2) is 4.55. The van der Waals surface area contributed by atoms with Crippen molar-refractivity contribution in [1.29, 1.82) is 0 Å². The Labute approximate surface area is 110 Å². The normalized spacial score (nSPS) is 16.8. The molecule has 0 saturated carbocycles. The zero-order chi connectivity index (χ0) is 14.2. The molecule has 1 aromatic rings. The Morgan fingerprint density at radius 1 is 1.47 bits per heavy atom. The fourth-order valence-corrected chi connectivity index (χ4v) is 2.03. The van der Waals surface area contributed by atoms with Crippen molar-refractivity contribution in [3.8, 4) is 5.75 Å². The molecule has 1 aromatic carbocycles. The van der Waals surface area contributed by atoms with Crippen LogP contribution in [0, 0.1) is 0 Å². The number of aliphatic carboxylic acids is 1. The highest BCUT2D eigenvalue weighted by Crippen LogP contribution is 2.38. The zero-order valence-electron chi connectivity index (χ0n) is 10.8. The third kappa shape index (κ3) is 2.39. The fraction of sp³-hybridized carbons (Fsp3) is 0.385. The van der Waals surface area contributed by atoms with Crippen molar-refractivity contribution < 1.29 is 19.4 Å². The minimum atomic E-state index is -1.08. The molecule has 102 valence electrons. The van der Waals surface area contributed by atoms with Gasteiger partial charge in [-0.2, -0.15) is 0 Å². The molecule has 1 heterocycles. The molecule has 0 spiro atoms. The second-order valence-electron chi connectivity index (χ2n) is 4.90. The highest BCUT2D eigenvalue weighted by Gasteiger charge is 2.41. The highest BCUT2D eigenvalue weighted by molar-refractivity contribution is 6.05. The van der Waals surface area contributed by atoms with Gasteiger partial charge in [-0.15, -0.1) is 0 Å². The van der Waals surface area contributed by atoms with Gasteiger partial charge in [-0.3, -0.25) is 14.5 Å². The van der Waals surface area contributed by atoms with Gasteiger partial charge in [-0.25, -0.2) is 0 Å². The van der Waals surface area contributed by atoms with Gasteiger partial charge in [-0.1, -0.05) is 6.07 Å². The predicted octanol–water partition coefficient (Wildman–Crippen LogP) is 0.734. The maximum Gasteiger partial charge on any atom is 0.323 e. The first-order valence-electron chi connectivity index (χ1n) is 5.91. The number of hydrogen-bond donors (Lipinski definition) is 2. The number of ether oxygens (including phenoxy) is 1. The first kappa shape index (κ1) is 13.4. The van der Waals surface area contributed by atoms with E-state index in [1.165, 1.54) is 4.90 Å². The predicted molar refractivity (Wildman–Crippen MR) is 69.0 cm³/mol. The Morgan fingerprint density at radius 3 is 2.74 bits per heavy atom. The van der Waals surface area contributed by atoms with E-state index in [1.54, 1.807) is 32.0 Å². The van der Waals surface area contributed by atoms with Crippen LogP contribution in [-0.2, 0) is 16.1 Å². The molecule has 6 heteroatoms. The Bertz CT molecular complexity index is 539. The molecule has 0 bridgehead atoms. The Balaban J connectivity index is 2.52. The van der Waals surface area contributed by atoms with Crippen LogP contribution in [0.1, 0.15) is 19.4 Å². The Kier molecular flexibility index (Phi) is 3.20. The highest BCUT2D eigenvalue weighted by atomic mass is 16.5. The van der Waals surface area contributed by atoms with Gasteiger partial charge in [0.05, 0.1) is 5.69 Å². The number of carbonyl (C=O) groups is 2. The Hall–Kier alpha value is -2.08. The van der Waals surface area contributed by atoms with Crippen LogP contribution in [0.2, 0.25) is 0 Å². The van der Waals surface area contributed by atoms with E-state index in [0.717, 1.165) is 5.56 Å². The number of carboxylic acid groups (broad SMARTS) is 1. The van der Waals surface area contributed by atoms with Crippen LogP contribution in [0.5, 0.6) is 5.75 Å². The molecule has 0 saturated heterocycles. The van der Waals surface area contributed by atoms with Crippen molar-refractivity contribution in [2.75, 3.05) is 11.4 Å². The second-order valence-corrected chi connectivity index (χ2v) is 4.90. The van der Waals surface area contributed by atoms with Crippen LogP contribution in [0.15, 0.2) is 18.2 Å². The molecule has 1 aliphatic heterocycles. The number of nitrogens with two attached hydrogens (primary N) is 1. The first-order valence-corrected chi connectivity index (χ1v) is 5.91. The van der Waals surface area contributed by atoms with Gasteiger partial charge in [0, 0.05) is 6.54 Å². The fourth-order valence-electron chi connectivity index (χ4n) is 2.03. The summed E-state index contributed by atoms with van der Waals surface area (Å²) in [5.41, 5.74) is 5.74. The van der Waals surface area contributed by atoms with Gasteiger partial charge in [-0.05, 0) is 31.5 Å².